The Hall–Kier alpha value is 1.51. The molecular formula is C7H15KO4S. The van der Waals surface area contributed by atoms with Crippen LogP contribution in [0.1, 0.15) is 33.1 Å². The summed E-state index contributed by atoms with van der Waals surface area (Å²) in [5, 5.41) is 0. The van der Waals surface area contributed by atoms with E-state index < -0.39 is 15.6 Å². The van der Waals surface area contributed by atoms with Crippen molar-refractivity contribution in [2.75, 3.05) is 6.61 Å². The number of hydrogen-bond acceptors (Lipinski definition) is 4. The second-order valence-electron chi connectivity index (χ2n) is 2.55. The Labute approximate surface area is 123 Å². The Morgan fingerprint density at radius 3 is 2.23 bits per heavy atom. The van der Waals surface area contributed by atoms with Gasteiger partial charge in [-0.1, -0.05) is 20.3 Å². The van der Waals surface area contributed by atoms with Gasteiger partial charge < -0.3 is 9.29 Å². The van der Waals surface area contributed by atoms with Crippen LogP contribution in [0.3, 0.4) is 0 Å². The van der Waals surface area contributed by atoms with Crippen molar-refractivity contribution in [2.45, 2.75) is 38.5 Å². The zero-order chi connectivity index (χ0) is 9.61. The molecule has 0 aliphatic rings. The van der Waals surface area contributed by atoms with Crippen molar-refractivity contribution in [2.24, 2.45) is 0 Å². The van der Waals surface area contributed by atoms with E-state index in [-0.39, 0.29) is 57.8 Å². The molecule has 0 aromatic heterocycles. The molecule has 1 unspecified atom stereocenters. The van der Waals surface area contributed by atoms with E-state index in [1.54, 1.807) is 6.92 Å². The second-order valence-corrected chi connectivity index (χ2v) is 4.07. The van der Waals surface area contributed by atoms with Gasteiger partial charge in [-0.25, -0.2) is 8.42 Å². The van der Waals surface area contributed by atoms with E-state index in [0.29, 0.717) is 6.61 Å². The molecule has 6 heteroatoms. The van der Waals surface area contributed by atoms with E-state index in [1.807, 2.05) is 6.92 Å². The maximum absolute atomic E-state index is 10.5. The molecule has 0 rings (SSSR count). The minimum Gasteiger partial charge on any atom is -0.746 e. The number of rotatable bonds is 6. The van der Waals surface area contributed by atoms with E-state index in [9.17, 15) is 13.0 Å². The van der Waals surface area contributed by atoms with Crippen LogP contribution in [0.15, 0.2) is 0 Å². The molecule has 0 N–H and O–H groups in total. The molecular weight excluding hydrogens is 219 g/mol. The largest absolute Gasteiger partial charge is 1.00 e. The third-order valence-electron chi connectivity index (χ3n) is 1.46. The first-order valence-electron chi connectivity index (χ1n) is 4.08. The summed E-state index contributed by atoms with van der Waals surface area (Å²) in [4.78, 5) is 0. The van der Waals surface area contributed by atoms with E-state index in [1.165, 1.54) is 0 Å². The summed E-state index contributed by atoms with van der Waals surface area (Å²) in [6.45, 7) is 3.93. The normalized spacial score (nSPS) is 13.5. The molecule has 0 bridgehead atoms. The van der Waals surface area contributed by atoms with Crippen LogP contribution in [0.5, 0.6) is 0 Å². The third kappa shape index (κ3) is 8.50. The van der Waals surface area contributed by atoms with Crippen LogP contribution in [0.4, 0.5) is 0 Å². The van der Waals surface area contributed by atoms with Gasteiger partial charge in [0.1, 0.15) is 15.6 Å². The van der Waals surface area contributed by atoms with E-state index in [0.717, 1.165) is 12.8 Å². The van der Waals surface area contributed by atoms with Crippen LogP contribution in [-0.4, -0.2) is 25.0 Å². The summed E-state index contributed by atoms with van der Waals surface area (Å²) in [5.41, 5.74) is -1.16. The van der Waals surface area contributed by atoms with Gasteiger partial charge in [0.25, 0.3) is 0 Å². The van der Waals surface area contributed by atoms with Gasteiger partial charge in [0.05, 0.1) is 0 Å². The van der Waals surface area contributed by atoms with Crippen molar-refractivity contribution in [1.82, 2.24) is 0 Å². The smallest absolute Gasteiger partial charge is 0.746 e. The van der Waals surface area contributed by atoms with Crippen LogP contribution < -0.4 is 51.4 Å². The van der Waals surface area contributed by atoms with Crippen LogP contribution in [0, 0.1) is 0 Å². The number of ether oxygens (including phenoxy) is 1. The van der Waals surface area contributed by atoms with Gasteiger partial charge in [0.15, 0.2) is 0 Å². The van der Waals surface area contributed by atoms with Gasteiger partial charge in [0.2, 0.25) is 0 Å². The summed E-state index contributed by atoms with van der Waals surface area (Å²) in [7, 11) is -4.27. The summed E-state index contributed by atoms with van der Waals surface area (Å²) in [6.07, 6.45) is 1.93. The quantitative estimate of drug-likeness (QED) is 0.305. The molecule has 0 aliphatic heterocycles. The first-order valence-corrected chi connectivity index (χ1v) is 5.55. The fourth-order valence-corrected chi connectivity index (χ4v) is 1.44. The third-order valence-corrected chi connectivity index (χ3v) is 2.57. The first-order chi connectivity index (χ1) is 5.52. The number of hydrogen-bond donors (Lipinski definition) is 0. The zero-order valence-corrected chi connectivity index (χ0v) is 12.4. The summed E-state index contributed by atoms with van der Waals surface area (Å²) >= 11 is 0. The molecule has 0 aromatic carbocycles. The Balaban J connectivity index is 0. The SMILES string of the molecule is CCCCOC(CC)S(=O)(=O)[O-].[K+]. The fraction of sp³-hybridized carbons (Fsp3) is 1.00. The molecule has 0 amide bonds. The minimum atomic E-state index is -4.27. The summed E-state index contributed by atoms with van der Waals surface area (Å²) in [6, 6.07) is 0. The molecule has 0 fully saturated rings. The second kappa shape index (κ2) is 8.79. The van der Waals surface area contributed by atoms with Gasteiger partial charge in [-0.05, 0) is 12.8 Å². The average Bonchev–Trinajstić information content (AvgIpc) is 1.95. The Kier molecular flexibility index (Phi) is 11.4. The molecule has 0 aromatic rings. The van der Waals surface area contributed by atoms with Gasteiger partial charge in [0, 0.05) is 6.61 Å². The Morgan fingerprint density at radius 2 is 1.92 bits per heavy atom. The Morgan fingerprint density at radius 1 is 1.38 bits per heavy atom. The predicted octanol–water partition coefficient (Wildman–Crippen LogP) is -1.91. The first kappa shape index (κ1) is 16.9. The van der Waals surface area contributed by atoms with Crippen LogP contribution in [0.2, 0.25) is 0 Å². The average molecular weight is 234 g/mol. The summed E-state index contributed by atoms with van der Waals surface area (Å²) in [5.74, 6) is 0. The van der Waals surface area contributed by atoms with Crippen molar-refractivity contribution >= 4 is 10.1 Å². The minimum absolute atomic E-state index is 0. The molecule has 4 nitrogen and oxygen atoms in total. The standard InChI is InChI=1S/C7H16O4S.K/c1-3-5-6-11-7(4-2)12(8,9)10;/h7H,3-6H2,1-2H3,(H,8,9,10);/q;+1/p-1. The molecule has 74 valence electrons. The van der Waals surface area contributed by atoms with E-state index in [2.05, 4.69) is 0 Å². The van der Waals surface area contributed by atoms with Crippen molar-refractivity contribution in [3.05, 3.63) is 0 Å². The van der Waals surface area contributed by atoms with E-state index >= 15 is 0 Å². The van der Waals surface area contributed by atoms with Crippen molar-refractivity contribution in [1.29, 1.82) is 0 Å². The van der Waals surface area contributed by atoms with Crippen molar-refractivity contribution < 1.29 is 69.1 Å². The fourth-order valence-electron chi connectivity index (χ4n) is 0.764. The molecule has 0 heterocycles. The van der Waals surface area contributed by atoms with Gasteiger partial charge in [-0.3, -0.25) is 0 Å². The molecule has 1 atom stereocenters. The van der Waals surface area contributed by atoms with Crippen LogP contribution >= 0.6 is 0 Å². The molecule has 13 heavy (non-hydrogen) atoms. The summed E-state index contributed by atoms with van der Waals surface area (Å²) < 4.78 is 36.3. The number of unbranched alkanes of at least 4 members (excludes halogenated alkanes) is 1. The molecule has 0 radical (unpaired) electrons. The molecule has 0 saturated carbocycles. The predicted molar refractivity (Wildman–Crippen MR) is 44.6 cm³/mol. The van der Waals surface area contributed by atoms with Crippen LogP contribution in [-0.2, 0) is 14.9 Å². The van der Waals surface area contributed by atoms with Crippen molar-refractivity contribution in [3.8, 4) is 0 Å². The van der Waals surface area contributed by atoms with Gasteiger partial charge >= 0.3 is 51.4 Å². The van der Waals surface area contributed by atoms with E-state index in [4.69, 9.17) is 4.74 Å². The topological polar surface area (TPSA) is 66.4 Å². The maximum atomic E-state index is 10.5. The van der Waals surface area contributed by atoms with Gasteiger partial charge in [-0.2, -0.15) is 0 Å². The maximum Gasteiger partial charge on any atom is 1.00 e. The van der Waals surface area contributed by atoms with Crippen LogP contribution in [0.25, 0.3) is 0 Å². The molecule has 0 aliphatic carbocycles. The Bertz CT molecular complexity index is 203. The molecule has 0 spiro atoms. The zero-order valence-electron chi connectivity index (χ0n) is 8.45. The van der Waals surface area contributed by atoms with Gasteiger partial charge in [-0.15, -0.1) is 0 Å². The van der Waals surface area contributed by atoms with Crippen molar-refractivity contribution in [3.63, 3.8) is 0 Å². The molecule has 0 saturated heterocycles. The monoisotopic (exact) mass is 234 g/mol.